The highest BCUT2D eigenvalue weighted by molar-refractivity contribution is 5.95. The van der Waals surface area contributed by atoms with Crippen molar-refractivity contribution >= 4 is 16.9 Å². The highest BCUT2D eigenvalue weighted by Gasteiger charge is 2.26. The van der Waals surface area contributed by atoms with Crippen molar-refractivity contribution in [3.63, 3.8) is 0 Å². The van der Waals surface area contributed by atoms with Crippen LogP contribution in [-0.2, 0) is 6.54 Å². The van der Waals surface area contributed by atoms with Gasteiger partial charge in [0.05, 0.1) is 48.0 Å². The maximum atomic E-state index is 13.5. The third kappa shape index (κ3) is 3.80. The van der Waals surface area contributed by atoms with E-state index in [9.17, 15) is 20.0 Å². The lowest BCUT2D eigenvalue weighted by molar-refractivity contribution is 0.0997. The molecule has 3 N–H and O–H groups in total. The van der Waals surface area contributed by atoms with Gasteiger partial charge in [0.15, 0.2) is 0 Å². The molecule has 1 aliphatic rings. The molecule has 1 aromatic heterocycles. The number of hydrogen-bond acceptors (Lipinski definition) is 5. The van der Waals surface area contributed by atoms with E-state index in [-0.39, 0.29) is 29.9 Å². The Bertz CT molecular complexity index is 1240. The minimum absolute atomic E-state index is 0.00960. The number of ether oxygens (including phenoxy) is 1. The Hall–Kier alpha value is -3.57. The van der Waals surface area contributed by atoms with Gasteiger partial charge in [0, 0.05) is 6.04 Å². The fraction of sp³-hybridized carbons (Fsp3) is 0.348. The van der Waals surface area contributed by atoms with Crippen LogP contribution in [0.2, 0.25) is 0 Å². The first-order valence-electron chi connectivity index (χ1n) is 10.2. The topological polar surface area (TPSA) is 123 Å². The lowest BCUT2D eigenvalue weighted by Crippen LogP contribution is -2.31. The summed E-state index contributed by atoms with van der Waals surface area (Å²) in [4.78, 5) is 25.3. The van der Waals surface area contributed by atoms with Crippen molar-refractivity contribution < 1.29 is 14.6 Å². The second-order valence-corrected chi connectivity index (χ2v) is 7.92. The van der Waals surface area contributed by atoms with Crippen LogP contribution in [0, 0.1) is 11.3 Å². The first-order valence-corrected chi connectivity index (χ1v) is 10.2. The number of imidazole rings is 1. The normalized spacial score (nSPS) is 18.6. The summed E-state index contributed by atoms with van der Waals surface area (Å²) in [5.41, 5.74) is 8.14. The Balaban J connectivity index is 1.83. The van der Waals surface area contributed by atoms with Crippen LogP contribution in [0.4, 0.5) is 0 Å². The van der Waals surface area contributed by atoms with Crippen molar-refractivity contribution in [3.8, 4) is 11.8 Å². The van der Waals surface area contributed by atoms with Gasteiger partial charge in [-0.3, -0.25) is 13.9 Å². The van der Waals surface area contributed by atoms with Gasteiger partial charge in [-0.1, -0.05) is 6.07 Å². The molecular weight excluding hydrogens is 396 g/mol. The first kappa shape index (κ1) is 20.7. The summed E-state index contributed by atoms with van der Waals surface area (Å²) < 4.78 is 8.60. The van der Waals surface area contributed by atoms with Crippen LogP contribution < -0.4 is 16.2 Å². The monoisotopic (exact) mass is 420 g/mol. The lowest BCUT2D eigenvalue weighted by Gasteiger charge is -2.26. The van der Waals surface area contributed by atoms with Gasteiger partial charge in [0.25, 0.3) is 5.91 Å². The number of carbonyl (C=O) groups excluding carboxylic acids is 1. The van der Waals surface area contributed by atoms with Crippen LogP contribution in [0.5, 0.6) is 5.75 Å². The van der Waals surface area contributed by atoms with Gasteiger partial charge in [-0.05, 0) is 61.6 Å². The van der Waals surface area contributed by atoms with Crippen LogP contribution in [-0.4, -0.2) is 33.4 Å². The van der Waals surface area contributed by atoms with E-state index >= 15 is 0 Å². The maximum Gasteiger partial charge on any atom is 0.329 e. The third-order valence-electron chi connectivity index (χ3n) is 5.99. The lowest BCUT2D eigenvalue weighted by atomic mass is 9.93. The molecule has 1 fully saturated rings. The summed E-state index contributed by atoms with van der Waals surface area (Å²) in [5.74, 6) is -0.237. The van der Waals surface area contributed by atoms with Gasteiger partial charge in [-0.2, -0.15) is 5.26 Å². The van der Waals surface area contributed by atoms with E-state index < -0.39 is 5.91 Å². The van der Waals surface area contributed by atoms with Gasteiger partial charge < -0.3 is 15.6 Å². The summed E-state index contributed by atoms with van der Waals surface area (Å²) in [6.45, 7) is 0.219. The Kier molecular flexibility index (Phi) is 5.53. The number of benzene rings is 2. The van der Waals surface area contributed by atoms with Crippen molar-refractivity contribution in [3.05, 3.63) is 63.6 Å². The zero-order valence-corrected chi connectivity index (χ0v) is 17.2. The van der Waals surface area contributed by atoms with E-state index in [1.54, 1.807) is 45.5 Å². The molecule has 4 rings (SSSR count). The maximum absolute atomic E-state index is 13.5. The molecule has 0 aliphatic heterocycles. The Morgan fingerprint density at radius 2 is 1.94 bits per heavy atom. The second kappa shape index (κ2) is 8.28. The summed E-state index contributed by atoms with van der Waals surface area (Å²) in [5, 5.41) is 19.2. The molecule has 8 heteroatoms. The summed E-state index contributed by atoms with van der Waals surface area (Å²) >= 11 is 0. The molecule has 8 nitrogen and oxygen atoms in total. The predicted octanol–water partition coefficient (Wildman–Crippen LogP) is 2.31. The van der Waals surface area contributed by atoms with E-state index in [4.69, 9.17) is 10.5 Å². The van der Waals surface area contributed by atoms with E-state index in [1.807, 2.05) is 0 Å². The summed E-state index contributed by atoms with van der Waals surface area (Å²) in [6.07, 6.45) is 2.42. The standard InChI is InChI=1S/C23H24N4O4/c1-31-21-9-3-15(10-18(21)22(25)29)13-26-20-11-14(12-24)2-8-19(20)27(23(26)30)16-4-6-17(28)7-5-16/h2-3,8-11,16-17,28H,4-7,13H2,1H3,(H2,25,29)/t16-,17-. The molecule has 1 saturated carbocycles. The molecular formula is C23H24N4O4. The molecule has 31 heavy (non-hydrogen) atoms. The van der Waals surface area contributed by atoms with Gasteiger partial charge in [0.2, 0.25) is 0 Å². The van der Waals surface area contributed by atoms with Gasteiger partial charge >= 0.3 is 5.69 Å². The molecule has 3 aromatic rings. The molecule has 0 radical (unpaired) electrons. The number of aromatic nitrogens is 2. The van der Waals surface area contributed by atoms with Gasteiger partial charge in [-0.15, -0.1) is 0 Å². The van der Waals surface area contributed by atoms with Crippen molar-refractivity contribution in [2.45, 2.75) is 44.4 Å². The summed E-state index contributed by atoms with van der Waals surface area (Å²) in [7, 11) is 1.46. The number of fused-ring (bicyclic) bond motifs is 1. The van der Waals surface area contributed by atoms with Crippen molar-refractivity contribution in [2.75, 3.05) is 7.11 Å². The van der Waals surface area contributed by atoms with Gasteiger partial charge in [0.1, 0.15) is 5.75 Å². The molecule has 0 atom stereocenters. The molecule has 2 aromatic carbocycles. The summed E-state index contributed by atoms with van der Waals surface area (Å²) in [6, 6.07) is 12.4. The van der Waals surface area contributed by atoms with Crippen LogP contribution in [0.15, 0.2) is 41.2 Å². The number of methoxy groups -OCH3 is 1. The molecule has 0 unspecified atom stereocenters. The fourth-order valence-corrected chi connectivity index (χ4v) is 4.40. The second-order valence-electron chi connectivity index (χ2n) is 7.92. The minimum Gasteiger partial charge on any atom is -0.496 e. The van der Waals surface area contributed by atoms with Crippen LogP contribution in [0.25, 0.3) is 11.0 Å². The van der Waals surface area contributed by atoms with Crippen LogP contribution in [0.3, 0.4) is 0 Å². The zero-order chi connectivity index (χ0) is 22.1. The van der Waals surface area contributed by atoms with Crippen LogP contribution >= 0.6 is 0 Å². The Morgan fingerprint density at radius 3 is 2.58 bits per heavy atom. The highest BCUT2D eigenvalue weighted by atomic mass is 16.5. The van der Waals surface area contributed by atoms with Gasteiger partial charge in [-0.25, -0.2) is 4.79 Å². The van der Waals surface area contributed by atoms with Crippen molar-refractivity contribution in [1.29, 1.82) is 5.26 Å². The van der Waals surface area contributed by atoms with E-state index in [1.165, 1.54) is 7.11 Å². The number of nitrogens with two attached hydrogens (primary N) is 1. The third-order valence-corrected chi connectivity index (χ3v) is 5.99. The van der Waals surface area contributed by atoms with Crippen LogP contribution in [0.1, 0.15) is 53.2 Å². The number of primary amides is 1. The largest absolute Gasteiger partial charge is 0.496 e. The van der Waals surface area contributed by atoms with Crippen molar-refractivity contribution in [2.24, 2.45) is 5.73 Å². The first-order chi connectivity index (χ1) is 14.9. The highest BCUT2D eigenvalue weighted by Crippen LogP contribution is 2.31. The number of hydrogen-bond donors (Lipinski definition) is 2. The number of aliphatic hydroxyl groups excluding tert-OH is 1. The van der Waals surface area contributed by atoms with E-state index in [2.05, 4.69) is 6.07 Å². The number of carbonyl (C=O) groups is 1. The quantitative estimate of drug-likeness (QED) is 0.656. The Morgan fingerprint density at radius 1 is 1.19 bits per heavy atom. The average Bonchev–Trinajstić information content (AvgIpc) is 3.05. The molecule has 1 heterocycles. The molecule has 0 saturated heterocycles. The molecule has 1 amide bonds. The smallest absolute Gasteiger partial charge is 0.329 e. The van der Waals surface area contributed by atoms with E-state index in [0.29, 0.717) is 42.5 Å². The van der Waals surface area contributed by atoms with E-state index in [0.717, 1.165) is 11.1 Å². The fourth-order valence-electron chi connectivity index (χ4n) is 4.40. The molecule has 1 aliphatic carbocycles. The number of nitrogens with zero attached hydrogens (tertiary/aromatic N) is 3. The number of aliphatic hydroxyl groups is 1. The number of nitriles is 1. The SMILES string of the molecule is COc1ccc(Cn2c(=O)n([C@H]3CC[C@H](O)CC3)c3ccc(C#N)cc32)cc1C(N)=O. The number of amides is 1. The zero-order valence-electron chi connectivity index (χ0n) is 17.2. The average molecular weight is 420 g/mol. The molecule has 0 spiro atoms. The Labute approximate surface area is 179 Å². The number of rotatable bonds is 5. The van der Waals surface area contributed by atoms with Crippen molar-refractivity contribution in [1.82, 2.24) is 9.13 Å². The molecule has 0 bridgehead atoms. The minimum atomic E-state index is -0.610. The predicted molar refractivity (Wildman–Crippen MR) is 115 cm³/mol. The molecule has 160 valence electrons.